The summed E-state index contributed by atoms with van der Waals surface area (Å²) in [6.07, 6.45) is 3.17. The molecule has 0 bridgehead atoms. The third-order valence-electron chi connectivity index (χ3n) is 2.16. The first kappa shape index (κ1) is 5.98. The molecule has 1 aromatic rings. The molecule has 0 unspecified atom stereocenters. The fourth-order valence-electron chi connectivity index (χ4n) is 1.56. The van der Waals surface area contributed by atoms with Gasteiger partial charge in [0.1, 0.15) is 0 Å². The Kier molecular flexibility index (Phi) is 1.27. The summed E-state index contributed by atoms with van der Waals surface area (Å²) in [7, 11) is 0. The number of hydrogen-bond donors (Lipinski definition) is 2. The van der Waals surface area contributed by atoms with Gasteiger partial charge in [0.15, 0.2) is 0 Å². The lowest BCUT2D eigenvalue weighted by atomic mass is 10.0. The molecule has 2 heterocycles. The number of hydrogen-bond acceptors (Lipinski definition) is 1. The van der Waals surface area contributed by atoms with Gasteiger partial charge in [-0.15, -0.1) is 0 Å². The number of nitrogens with one attached hydrogen (secondary N) is 2. The van der Waals surface area contributed by atoms with Crippen molar-refractivity contribution >= 4 is 0 Å². The zero-order valence-electron chi connectivity index (χ0n) is 6.15. The van der Waals surface area contributed by atoms with Crippen molar-refractivity contribution in [1.82, 2.24) is 10.3 Å². The number of aromatic nitrogens is 1. The van der Waals surface area contributed by atoms with Crippen LogP contribution in [0, 0.1) is 0 Å². The number of fused-ring (bicyclic) bond motifs is 1. The Morgan fingerprint density at radius 1 is 1.60 bits per heavy atom. The second-order valence-corrected chi connectivity index (χ2v) is 2.84. The van der Waals surface area contributed by atoms with E-state index in [1.54, 1.807) is 0 Å². The van der Waals surface area contributed by atoms with Crippen LogP contribution in [0.3, 0.4) is 0 Å². The van der Waals surface area contributed by atoms with E-state index < -0.39 is 0 Å². The van der Waals surface area contributed by atoms with Gasteiger partial charge in [-0.2, -0.15) is 0 Å². The van der Waals surface area contributed by atoms with Gasteiger partial charge in [0.25, 0.3) is 0 Å². The fourth-order valence-corrected chi connectivity index (χ4v) is 1.56. The predicted molar refractivity (Wildman–Crippen MR) is 40.9 cm³/mol. The Bertz CT molecular complexity index is 227. The average Bonchev–Trinajstić information content (AvgIpc) is 2.36. The van der Waals surface area contributed by atoms with Crippen molar-refractivity contribution in [2.24, 2.45) is 0 Å². The van der Waals surface area contributed by atoms with Crippen LogP contribution in [0.25, 0.3) is 0 Å². The Morgan fingerprint density at radius 3 is 3.30 bits per heavy atom. The normalized spacial score (nSPS) is 24.3. The highest BCUT2D eigenvalue weighted by molar-refractivity contribution is 5.26. The molecule has 0 spiro atoms. The topological polar surface area (TPSA) is 27.8 Å². The van der Waals surface area contributed by atoms with Crippen molar-refractivity contribution in [2.45, 2.75) is 19.4 Å². The summed E-state index contributed by atoms with van der Waals surface area (Å²) in [6, 6.07) is 2.70. The summed E-state index contributed by atoms with van der Waals surface area (Å²) >= 11 is 0. The van der Waals surface area contributed by atoms with Crippen LogP contribution in [-0.4, -0.2) is 11.5 Å². The highest BCUT2D eigenvalue weighted by atomic mass is 14.9. The number of aromatic amines is 1. The summed E-state index contributed by atoms with van der Waals surface area (Å²) in [5, 5.41) is 3.40. The van der Waals surface area contributed by atoms with E-state index in [2.05, 4.69) is 23.3 Å². The highest BCUT2D eigenvalue weighted by Gasteiger charge is 2.14. The Balaban J connectivity index is 2.41. The van der Waals surface area contributed by atoms with Crippen LogP contribution in [-0.2, 0) is 6.42 Å². The Morgan fingerprint density at radius 2 is 2.50 bits per heavy atom. The molecule has 54 valence electrons. The minimum absolute atomic E-state index is 0.537. The maximum Gasteiger partial charge on any atom is 0.0309 e. The fraction of sp³-hybridized carbons (Fsp3) is 0.500. The monoisotopic (exact) mass is 136 g/mol. The lowest BCUT2D eigenvalue weighted by Crippen LogP contribution is -2.26. The third-order valence-corrected chi connectivity index (χ3v) is 2.16. The average molecular weight is 136 g/mol. The van der Waals surface area contributed by atoms with Crippen molar-refractivity contribution < 1.29 is 0 Å². The van der Waals surface area contributed by atoms with Gasteiger partial charge in [0, 0.05) is 30.9 Å². The van der Waals surface area contributed by atoms with E-state index in [9.17, 15) is 0 Å². The molecule has 1 atom stereocenters. The van der Waals surface area contributed by atoms with Crippen molar-refractivity contribution in [3.8, 4) is 0 Å². The van der Waals surface area contributed by atoms with Crippen molar-refractivity contribution in [2.75, 3.05) is 6.54 Å². The molecule has 2 rings (SSSR count). The number of rotatable bonds is 0. The van der Waals surface area contributed by atoms with E-state index in [1.165, 1.54) is 11.3 Å². The predicted octanol–water partition coefficient (Wildman–Crippen LogP) is 1.22. The minimum Gasteiger partial charge on any atom is -0.365 e. The van der Waals surface area contributed by atoms with Gasteiger partial charge in [0.2, 0.25) is 0 Å². The minimum atomic E-state index is 0.537. The zero-order chi connectivity index (χ0) is 6.97. The van der Waals surface area contributed by atoms with Crippen LogP contribution in [0.1, 0.15) is 24.2 Å². The summed E-state index contributed by atoms with van der Waals surface area (Å²) in [6.45, 7) is 3.31. The van der Waals surface area contributed by atoms with Gasteiger partial charge in [-0.3, -0.25) is 0 Å². The molecular weight excluding hydrogens is 124 g/mol. The maximum atomic E-state index is 3.40. The first-order valence-corrected chi connectivity index (χ1v) is 3.77. The lowest BCUT2D eigenvalue weighted by Gasteiger charge is -2.19. The second-order valence-electron chi connectivity index (χ2n) is 2.84. The summed E-state index contributed by atoms with van der Waals surface area (Å²) < 4.78 is 0. The third kappa shape index (κ3) is 0.762. The molecule has 0 radical (unpaired) electrons. The van der Waals surface area contributed by atoms with Crippen molar-refractivity contribution in [1.29, 1.82) is 0 Å². The lowest BCUT2D eigenvalue weighted by molar-refractivity contribution is 0.538. The van der Waals surface area contributed by atoms with Crippen LogP contribution in [0.5, 0.6) is 0 Å². The smallest absolute Gasteiger partial charge is 0.0309 e. The van der Waals surface area contributed by atoms with E-state index in [1.807, 2.05) is 6.20 Å². The highest BCUT2D eigenvalue weighted by Crippen LogP contribution is 2.20. The first-order valence-electron chi connectivity index (χ1n) is 3.77. The maximum absolute atomic E-state index is 3.40. The molecule has 0 amide bonds. The molecule has 1 aliphatic rings. The van der Waals surface area contributed by atoms with E-state index in [0.29, 0.717) is 6.04 Å². The molecule has 0 fully saturated rings. The molecule has 0 saturated carbocycles. The Labute approximate surface area is 60.6 Å². The van der Waals surface area contributed by atoms with Gasteiger partial charge in [-0.1, -0.05) is 0 Å². The van der Waals surface area contributed by atoms with E-state index >= 15 is 0 Å². The Hall–Kier alpha value is -0.760. The second kappa shape index (κ2) is 2.13. The van der Waals surface area contributed by atoms with Crippen molar-refractivity contribution in [3.63, 3.8) is 0 Å². The molecule has 10 heavy (non-hydrogen) atoms. The molecule has 2 nitrogen and oxygen atoms in total. The molecule has 0 aliphatic carbocycles. The SMILES string of the molecule is C[C@H]1NCCc2[nH]ccc21. The van der Waals surface area contributed by atoms with Gasteiger partial charge in [-0.05, 0) is 18.6 Å². The molecule has 2 N–H and O–H groups in total. The molecule has 0 aromatic carbocycles. The van der Waals surface area contributed by atoms with Crippen LogP contribution in [0.4, 0.5) is 0 Å². The van der Waals surface area contributed by atoms with Gasteiger partial charge in [-0.25, -0.2) is 0 Å². The van der Waals surface area contributed by atoms with E-state index in [4.69, 9.17) is 0 Å². The molecule has 0 saturated heterocycles. The first-order chi connectivity index (χ1) is 4.88. The summed E-state index contributed by atoms with van der Waals surface area (Å²) in [5.41, 5.74) is 2.84. The number of H-pyrrole nitrogens is 1. The van der Waals surface area contributed by atoms with Crippen molar-refractivity contribution in [3.05, 3.63) is 23.5 Å². The van der Waals surface area contributed by atoms with Crippen LogP contribution in [0.15, 0.2) is 12.3 Å². The zero-order valence-corrected chi connectivity index (χ0v) is 6.15. The standard InChI is InChI=1S/C8H12N2/c1-6-7-2-4-10-8(7)3-5-9-6/h2,4,6,9-10H,3,5H2,1H3/t6-/m1/s1. The van der Waals surface area contributed by atoms with Gasteiger partial charge < -0.3 is 10.3 Å². The van der Waals surface area contributed by atoms with Crippen LogP contribution >= 0.6 is 0 Å². The molecule has 1 aromatic heterocycles. The summed E-state index contributed by atoms with van der Waals surface area (Å²) in [4.78, 5) is 3.25. The van der Waals surface area contributed by atoms with E-state index in [0.717, 1.165) is 13.0 Å². The van der Waals surface area contributed by atoms with E-state index in [-0.39, 0.29) is 0 Å². The molecule has 1 aliphatic heterocycles. The molecular formula is C8H12N2. The largest absolute Gasteiger partial charge is 0.365 e. The quantitative estimate of drug-likeness (QED) is 0.551. The molecule has 2 heteroatoms. The van der Waals surface area contributed by atoms with Crippen LogP contribution < -0.4 is 5.32 Å². The van der Waals surface area contributed by atoms with Crippen LogP contribution in [0.2, 0.25) is 0 Å². The van der Waals surface area contributed by atoms with Gasteiger partial charge >= 0.3 is 0 Å². The summed E-state index contributed by atoms with van der Waals surface area (Å²) in [5.74, 6) is 0. The van der Waals surface area contributed by atoms with Gasteiger partial charge in [0.05, 0.1) is 0 Å².